The van der Waals surface area contributed by atoms with Gasteiger partial charge in [0.2, 0.25) is 10.0 Å². The summed E-state index contributed by atoms with van der Waals surface area (Å²) in [5, 5.41) is 11.2. The van der Waals surface area contributed by atoms with Crippen molar-refractivity contribution in [2.24, 2.45) is 10.2 Å². The largest absolute Gasteiger partial charge is 0.457 e. The Balaban J connectivity index is 1.59. The molecule has 1 aliphatic rings. The molecule has 152 valence electrons. The number of furan rings is 1. The van der Waals surface area contributed by atoms with Gasteiger partial charge in [-0.05, 0) is 73.7 Å². The average Bonchev–Trinajstić information content (AvgIpc) is 3.28. The maximum Gasteiger partial charge on any atom is 0.280 e. The predicted octanol–water partition coefficient (Wildman–Crippen LogP) is 4.05. The van der Waals surface area contributed by atoms with Gasteiger partial charge in [-0.3, -0.25) is 4.79 Å². The third kappa shape index (κ3) is 3.93. The van der Waals surface area contributed by atoms with Crippen molar-refractivity contribution in [3.63, 3.8) is 0 Å². The third-order valence-corrected chi connectivity index (χ3v) is 5.70. The van der Waals surface area contributed by atoms with E-state index in [0.717, 1.165) is 5.56 Å². The number of carbonyl (C=O) groups excluding carboxylic acids is 1. The van der Waals surface area contributed by atoms with Crippen LogP contribution in [0.3, 0.4) is 0 Å². The number of hydrogen-bond acceptors (Lipinski definition) is 5. The van der Waals surface area contributed by atoms with Gasteiger partial charge >= 0.3 is 0 Å². The van der Waals surface area contributed by atoms with Gasteiger partial charge in [0, 0.05) is 10.6 Å². The zero-order valence-corrected chi connectivity index (χ0v) is 17.3. The smallest absolute Gasteiger partial charge is 0.280 e. The number of hydrogen-bond donors (Lipinski definition) is 1. The van der Waals surface area contributed by atoms with Crippen molar-refractivity contribution < 1.29 is 17.6 Å². The van der Waals surface area contributed by atoms with Crippen molar-refractivity contribution in [1.82, 2.24) is 0 Å². The monoisotopic (exact) mass is 441 g/mol. The Morgan fingerprint density at radius 2 is 1.70 bits per heavy atom. The lowest BCUT2D eigenvalue weighted by Crippen LogP contribution is -2.21. The Kier molecular flexibility index (Phi) is 5.07. The number of sulfonamides is 1. The van der Waals surface area contributed by atoms with Gasteiger partial charge in [-0.1, -0.05) is 11.6 Å². The molecule has 7 nitrogen and oxygen atoms in total. The Morgan fingerprint density at radius 3 is 2.33 bits per heavy atom. The molecule has 30 heavy (non-hydrogen) atoms. The van der Waals surface area contributed by atoms with Crippen LogP contribution in [0, 0.1) is 0 Å². The second-order valence-electron chi connectivity index (χ2n) is 6.61. The van der Waals surface area contributed by atoms with E-state index in [-0.39, 0.29) is 10.8 Å². The molecule has 1 aromatic heterocycles. The summed E-state index contributed by atoms with van der Waals surface area (Å²) in [7, 11) is -3.81. The maximum atomic E-state index is 12.9. The molecule has 1 amide bonds. The minimum Gasteiger partial charge on any atom is -0.457 e. The van der Waals surface area contributed by atoms with Crippen molar-refractivity contribution in [2.45, 2.75) is 11.8 Å². The van der Waals surface area contributed by atoms with Gasteiger partial charge in [-0.25, -0.2) is 13.6 Å². The van der Waals surface area contributed by atoms with Crippen LogP contribution in [0.15, 0.2) is 80.7 Å². The first-order chi connectivity index (χ1) is 14.2. The lowest BCUT2D eigenvalue weighted by atomic mass is 10.1. The minimum absolute atomic E-state index is 0.0420. The fourth-order valence-corrected chi connectivity index (χ4v) is 3.62. The average molecular weight is 442 g/mol. The molecule has 0 atom stereocenters. The molecule has 2 N–H and O–H groups in total. The van der Waals surface area contributed by atoms with Crippen LogP contribution >= 0.6 is 11.6 Å². The second kappa shape index (κ2) is 7.56. The zero-order valence-electron chi connectivity index (χ0n) is 15.7. The van der Waals surface area contributed by atoms with E-state index in [4.69, 9.17) is 21.2 Å². The molecule has 0 fully saturated rings. The number of nitrogens with two attached hydrogens (primary N) is 1. The fraction of sp³-hybridized carbons (Fsp3) is 0.0476. The van der Waals surface area contributed by atoms with Crippen molar-refractivity contribution in [3.05, 3.63) is 77.0 Å². The molecular formula is C21H16ClN3O4S. The molecular weight excluding hydrogens is 426 g/mol. The Bertz CT molecular complexity index is 1290. The highest BCUT2D eigenvalue weighted by molar-refractivity contribution is 7.89. The minimum atomic E-state index is -3.81. The summed E-state index contributed by atoms with van der Waals surface area (Å²) in [6.07, 6.45) is 1.62. The fourth-order valence-electron chi connectivity index (χ4n) is 2.98. The number of nitrogens with zero attached hydrogens (tertiary/aromatic N) is 2. The van der Waals surface area contributed by atoms with Gasteiger partial charge in [0.25, 0.3) is 5.91 Å². The highest BCUT2D eigenvalue weighted by Gasteiger charge is 2.29. The first-order valence-electron chi connectivity index (χ1n) is 8.83. The van der Waals surface area contributed by atoms with Crippen LogP contribution in [0.1, 0.15) is 12.7 Å². The van der Waals surface area contributed by atoms with E-state index < -0.39 is 10.0 Å². The molecule has 1 aliphatic heterocycles. The topological polar surface area (TPSA) is 106 Å². The van der Waals surface area contributed by atoms with Crippen molar-refractivity contribution in [2.75, 3.05) is 5.01 Å². The molecule has 0 bridgehead atoms. The second-order valence-corrected chi connectivity index (χ2v) is 8.61. The Labute approximate surface area is 178 Å². The molecule has 0 radical (unpaired) electrons. The van der Waals surface area contributed by atoms with Gasteiger partial charge in [0.05, 0.1) is 21.9 Å². The summed E-state index contributed by atoms with van der Waals surface area (Å²) in [4.78, 5) is 12.8. The SMILES string of the molecule is CC1=NN(c2ccc(S(N)(=O)=O)cc2)C(=O)C1=Cc1ccc(-c2ccc(Cl)cc2)o1. The zero-order chi connectivity index (χ0) is 21.5. The van der Waals surface area contributed by atoms with Crippen LogP contribution in [-0.2, 0) is 14.8 Å². The Hall–Kier alpha value is -3.20. The van der Waals surface area contributed by atoms with Crippen molar-refractivity contribution in [1.29, 1.82) is 0 Å². The first-order valence-corrected chi connectivity index (χ1v) is 10.8. The summed E-state index contributed by atoms with van der Waals surface area (Å²) in [6, 6.07) is 16.4. The molecule has 4 rings (SSSR count). The van der Waals surface area contributed by atoms with E-state index in [0.29, 0.717) is 33.5 Å². The number of carbonyl (C=O) groups is 1. The quantitative estimate of drug-likeness (QED) is 0.616. The number of halogens is 1. The lowest BCUT2D eigenvalue weighted by molar-refractivity contribution is -0.114. The number of amides is 1. The van der Waals surface area contributed by atoms with Crippen LogP contribution in [0.4, 0.5) is 5.69 Å². The highest BCUT2D eigenvalue weighted by atomic mass is 35.5. The lowest BCUT2D eigenvalue weighted by Gasteiger charge is -2.11. The first kappa shape index (κ1) is 20.1. The molecule has 0 saturated heterocycles. The van der Waals surface area contributed by atoms with Crippen LogP contribution in [0.2, 0.25) is 5.02 Å². The molecule has 2 aromatic carbocycles. The third-order valence-electron chi connectivity index (χ3n) is 4.51. The van der Waals surface area contributed by atoms with Gasteiger partial charge in [0.1, 0.15) is 11.5 Å². The molecule has 9 heteroatoms. The van der Waals surface area contributed by atoms with E-state index >= 15 is 0 Å². The summed E-state index contributed by atoms with van der Waals surface area (Å²) in [5.74, 6) is 0.804. The molecule has 3 aromatic rings. The number of rotatable bonds is 4. The van der Waals surface area contributed by atoms with Gasteiger partial charge in [-0.2, -0.15) is 10.1 Å². The summed E-state index contributed by atoms with van der Waals surface area (Å²) >= 11 is 5.91. The molecule has 0 spiro atoms. The van der Waals surface area contributed by atoms with Gasteiger partial charge < -0.3 is 4.42 Å². The number of primary sulfonamides is 1. The Morgan fingerprint density at radius 1 is 1.03 bits per heavy atom. The number of hydrazone groups is 1. The summed E-state index contributed by atoms with van der Waals surface area (Å²) in [6.45, 7) is 1.71. The van der Waals surface area contributed by atoms with Gasteiger partial charge in [0.15, 0.2) is 0 Å². The molecule has 2 heterocycles. The van der Waals surface area contributed by atoms with Crippen LogP contribution in [0.5, 0.6) is 0 Å². The summed E-state index contributed by atoms with van der Waals surface area (Å²) in [5.41, 5.74) is 2.18. The number of anilines is 1. The van der Waals surface area contributed by atoms with Gasteiger partial charge in [-0.15, -0.1) is 0 Å². The summed E-state index contributed by atoms with van der Waals surface area (Å²) < 4.78 is 28.6. The standard InChI is InChI=1S/C21H16ClN3O4S/c1-13-19(12-17-8-11-20(29-17)14-2-4-15(22)5-3-14)21(26)25(24-13)16-6-9-18(10-7-16)30(23,27)28/h2-12H,1H3,(H2,23,27,28). The van der Waals surface area contributed by atoms with E-state index in [9.17, 15) is 13.2 Å². The van der Waals surface area contributed by atoms with E-state index in [2.05, 4.69) is 5.10 Å². The normalized spacial score (nSPS) is 15.7. The van der Waals surface area contributed by atoms with E-state index in [1.165, 1.54) is 29.3 Å². The van der Waals surface area contributed by atoms with Crippen LogP contribution in [-0.4, -0.2) is 20.0 Å². The molecule has 0 aliphatic carbocycles. The number of benzene rings is 2. The molecule has 0 unspecified atom stereocenters. The van der Waals surface area contributed by atoms with Crippen LogP contribution in [0.25, 0.3) is 17.4 Å². The van der Waals surface area contributed by atoms with Crippen LogP contribution < -0.4 is 10.1 Å². The maximum absolute atomic E-state index is 12.9. The van der Waals surface area contributed by atoms with E-state index in [1.54, 1.807) is 31.2 Å². The highest BCUT2D eigenvalue weighted by Crippen LogP contribution is 2.28. The van der Waals surface area contributed by atoms with E-state index in [1.807, 2.05) is 18.2 Å². The van der Waals surface area contributed by atoms with Crippen molar-refractivity contribution in [3.8, 4) is 11.3 Å². The predicted molar refractivity (Wildman–Crippen MR) is 116 cm³/mol. The molecule has 0 saturated carbocycles. The van der Waals surface area contributed by atoms with Crippen molar-refractivity contribution >= 4 is 45.0 Å².